The van der Waals surface area contributed by atoms with Crippen LogP contribution < -0.4 is 15.1 Å². The van der Waals surface area contributed by atoms with Gasteiger partial charge in [-0.25, -0.2) is 0 Å². The van der Waals surface area contributed by atoms with Gasteiger partial charge in [-0.3, -0.25) is 9.59 Å². The summed E-state index contributed by atoms with van der Waals surface area (Å²) in [5, 5.41) is 0. The van der Waals surface area contributed by atoms with E-state index in [2.05, 4.69) is 4.98 Å². The van der Waals surface area contributed by atoms with Gasteiger partial charge in [0.15, 0.2) is 5.43 Å². The third-order valence-corrected chi connectivity index (χ3v) is 3.70. The fourth-order valence-electron chi connectivity index (χ4n) is 2.64. The van der Waals surface area contributed by atoms with Gasteiger partial charge < -0.3 is 14.6 Å². The van der Waals surface area contributed by atoms with Crippen LogP contribution in [0.25, 0.3) is 0 Å². The molecule has 0 radical (unpaired) electrons. The fourth-order valence-corrected chi connectivity index (χ4v) is 2.64. The van der Waals surface area contributed by atoms with Gasteiger partial charge >= 0.3 is 0 Å². The predicted molar refractivity (Wildman–Crippen MR) is 80.1 cm³/mol. The molecule has 0 saturated carbocycles. The number of rotatable bonds is 2. The van der Waals surface area contributed by atoms with Crippen LogP contribution in [0.15, 0.2) is 41.5 Å². The number of ether oxygens (including phenoxy) is 1. The highest BCUT2D eigenvalue weighted by Gasteiger charge is 2.25. The van der Waals surface area contributed by atoms with Gasteiger partial charge in [0.1, 0.15) is 11.3 Å². The van der Waals surface area contributed by atoms with Gasteiger partial charge in [0.2, 0.25) is 0 Å². The van der Waals surface area contributed by atoms with Crippen LogP contribution in [0.2, 0.25) is 0 Å². The molecule has 1 aliphatic rings. The first-order chi connectivity index (χ1) is 10.2. The molecular formula is C16H16N2O3. The number of hydrogen-bond acceptors (Lipinski definition) is 3. The number of H-pyrrole nitrogens is 1. The number of amides is 1. The van der Waals surface area contributed by atoms with Crippen LogP contribution >= 0.6 is 0 Å². The summed E-state index contributed by atoms with van der Waals surface area (Å²) in [6.07, 6.45) is 4.76. The summed E-state index contributed by atoms with van der Waals surface area (Å²) in [5.41, 5.74) is 1.83. The van der Waals surface area contributed by atoms with Crippen molar-refractivity contribution in [3.63, 3.8) is 0 Å². The first kappa shape index (κ1) is 13.4. The lowest BCUT2D eigenvalue weighted by atomic mass is 10.0. The zero-order valence-electron chi connectivity index (χ0n) is 11.8. The van der Waals surface area contributed by atoms with E-state index in [1.807, 2.05) is 18.2 Å². The Morgan fingerprint density at radius 2 is 2.19 bits per heavy atom. The van der Waals surface area contributed by atoms with Crippen molar-refractivity contribution in [1.29, 1.82) is 0 Å². The quantitative estimate of drug-likeness (QED) is 0.917. The molecule has 1 aromatic heterocycles. The third-order valence-electron chi connectivity index (χ3n) is 3.70. The molecule has 0 unspecified atom stereocenters. The molecule has 1 amide bonds. The standard InChI is InChI=1S/C16H16N2O3/c1-21-12-4-5-14-11(9-12)3-2-8-18(14)16(20)13-10-17-7-6-15(13)19/h4-7,9-10H,2-3,8H2,1H3,(H,17,19). The molecule has 1 aliphatic heterocycles. The van der Waals surface area contributed by atoms with Gasteiger partial charge in [-0.1, -0.05) is 0 Å². The lowest BCUT2D eigenvalue weighted by molar-refractivity contribution is 0.0983. The number of aromatic nitrogens is 1. The van der Waals surface area contributed by atoms with Gasteiger partial charge in [0.25, 0.3) is 5.91 Å². The fraction of sp³-hybridized carbons (Fsp3) is 0.250. The molecule has 5 nitrogen and oxygen atoms in total. The highest BCUT2D eigenvalue weighted by atomic mass is 16.5. The molecule has 0 bridgehead atoms. The zero-order valence-corrected chi connectivity index (χ0v) is 11.8. The molecule has 5 heteroatoms. The second-order valence-corrected chi connectivity index (χ2v) is 4.98. The van der Waals surface area contributed by atoms with E-state index in [4.69, 9.17) is 4.74 Å². The number of anilines is 1. The molecule has 0 fully saturated rings. The number of methoxy groups -OCH3 is 1. The Labute approximate surface area is 122 Å². The summed E-state index contributed by atoms with van der Waals surface area (Å²) in [6, 6.07) is 7.03. The molecule has 2 aromatic rings. The lowest BCUT2D eigenvalue weighted by Gasteiger charge is -2.29. The Balaban J connectivity index is 2.01. The van der Waals surface area contributed by atoms with Gasteiger partial charge in [-0.15, -0.1) is 0 Å². The van der Waals surface area contributed by atoms with E-state index in [9.17, 15) is 9.59 Å². The molecule has 108 valence electrons. The Morgan fingerprint density at radius 3 is 2.95 bits per heavy atom. The molecule has 2 heterocycles. The second-order valence-electron chi connectivity index (χ2n) is 4.98. The minimum Gasteiger partial charge on any atom is -0.497 e. The van der Waals surface area contributed by atoms with Crippen LogP contribution in [0.4, 0.5) is 5.69 Å². The molecular weight excluding hydrogens is 268 g/mol. The highest BCUT2D eigenvalue weighted by molar-refractivity contribution is 6.06. The van der Waals surface area contributed by atoms with Crippen LogP contribution in [0, 0.1) is 0 Å². The number of benzene rings is 1. The molecule has 0 atom stereocenters. The smallest absolute Gasteiger partial charge is 0.263 e. The maximum atomic E-state index is 12.6. The van der Waals surface area contributed by atoms with Crippen molar-refractivity contribution >= 4 is 11.6 Å². The summed E-state index contributed by atoms with van der Waals surface area (Å²) >= 11 is 0. The summed E-state index contributed by atoms with van der Waals surface area (Å²) in [6.45, 7) is 0.618. The maximum absolute atomic E-state index is 12.6. The largest absolute Gasteiger partial charge is 0.497 e. The van der Waals surface area contributed by atoms with E-state index in [1.165, 1.54) is 18.5 Å². The average molecular weight is 284 g/mol. The Morgan fingerprint density at radius 1 is 1.33 bits per heavy atom. The van der Waals surface area contributed by atoms with Crippen LogP contribution in [-0.2, 0) is 6.42 Å². The molecule has 0 aliphatic carbocycles. The average Bonchev–Trinajstić information content (AvgIpc) is 2.53. The molecule has 1 N–H and O–H groups in total. The minimum absolute atomic E-state index is 0.168. The zero-order chi connectivity index (χ0) is 14.8. The first-order valence-corrected chi connectivity index (χ1v) is 6.86. The van der Waals surface area contributed by atoms with E-state index >= 15 is 0 Å². The van der Waals surface area contributed by atoms with Crippen LogP contribution in [-0.4, -0.2) is 24.5 Å². The SMILES string of the molecule is COc1ccc2c(c1)CCCN2C(=O)c1c[nH]ccc1=O. The van der Waals surface area contributed by atoms with E-state index in [0.717, 1.165) is 29.8 Å². The van der Waals surface area contributed by atoms with Crippen molar-refractivity contribution in [2.24, 2.45) is 0 Å². The second kappa shape index (κ2) is 5.44. The van der Waals surface area contributed by atoms with Crippen LogP contribution in [0.3, 0.4) is 0 Å². The number of pyridine rings is 1. The summed E-state index contributed by atoms with van der Waals surface area (Å²) in [5.74, 6) is 0.517. The van der Waals surface area contributed by atoms with E-state index in [0.29, 0.717) is 6.54 Å². The monoisotopic (exact) mass is 284 g/mol. The maximum Gasteiger partial charge on any atom is 0.263 e. The highest BCUT2D eigenvalue weighted by Crippen LogP contribution is 2.31. The number of nitrogens with zero attached hydrogens (tertiary/aromatic N) is 1. The summed E-state index contributed by atoms with van der Waals surface area (Å²) < 4.78 is 5.22. The number of fused-ring (bicyclic) bond motifs is 1. The Kier molecular flexibility index (Phi) is 3.48. The van der Waals surface area contributed by atoms with E-state index in [1.54, 1.807) is 12.0 Å². The molecule has 0 saturated heterocycles. The number of carbonyl (C=O) groups is 1. The number of aromatic amines is 1. The van der Waals surface area contributed by atoms with Crippen molar-refractivity contribution < 1.29 is 9.53 Å². The Bertz CT molecular complexity index is 736. The molecule has 1 aromatic carbocycles. The van der Waals surface area contributed by atoms with Crippen LogP contribution in [0.5, 0.6) is 5.75 Å². The van der Waals surface area contributed by atoms with E-state index in [-0.39, 0.29) is 16.9 Å². The van der Waals surface area contributed by atoms with Crippen molar-refractivity contribution in [2.75, 3.05) is 18.6 Å². The predicted octanol–water partition coefficient (Wildman–Crippen LogP) is 1.98. The minimum atomic E-state index is -0.264. The molecule has 0 spiro atoms. The normalized spacial score (nSPS) is 13.7. The number of carbonyl (C=O) groups excluding carboxylic acids is 1. The third kappa shape index (κ3) is 2.42. The van der Waals surface area contributed by atoms with Gasteiger partial charge in [-0.2, -0.15) is 0 Å². The Hall–Kier alpha value is -2.56. The number of nitrogens with one attached hydrogen (secondary N) is 1. The van der Waals surface area contributed by atoms with Gasteiger partial charge in [0.05, 0.1) is 7.11 Å². The van der Waals surface area contributed by atoms with Crippen molar-refractivity contribution in [3.05, 3.63) is 58.0 Å². The first-order valence-electron chi connectivity index (χ1n) is 6.86. The number of aryl methyl sites for hydroxylation is 1. The summed E-state index contributed by atoms with van der Waals surface area (Å²) in [4.78, 5) is 28.9. The van der Waals surface area contributed by atoms with E-state index < -0.39 is 0 Å². The number of hydrogen-bond donors (Lipinski definition) is 1. The van der Waals surface area contributed by atoms with Gasteiger partial charge in [0, 0.05) is 30.7 Å². The van der Waals surface area contributed by atoms with Crippen molar-refractivity contribution in [1.82, 2.24) is 4.98 Å². The molecule has 21 heavy (non-hydrogen) atoms. The van der Waals surface area contributed by atoms with Crippen molar-refractivity contribution in [3.8, 4) is 5.75 Å². The van der Waals surface area contributed by atoms with Crippen molar-refractivity contribution in [2.45, 2.75) is 12.8 Å². The molecule has 3 rings (SSSR count). The topological polar surface area (TPSA) is 62.4 Å². The lowest BCUT2D eigenvalue weighted by Crippen LogP contribution is -2.37. The van der Waals surface area contributed by atoms with Crippen LogP contribution in [0.1, 0.15) is 22.3 Å². The summed E-state index contributed by atoms with van der Waals surface area (Å²) in [7, 11) is 1.62. The van der Waals surface area contributed by atoms with Gasteiger partial charge in [-0.05, 0) is 36.6 Å².